The fraction of sp³-hybridized carbons (Fsp3) is 0.190. The van der Waals surface area contributed by atoms with Gasteiger partial charge in [0.05, 0.1) is 17.1 Å². The molecule has 0 spiro atoms. The number of hydrogen-bond acceptors (Lipinski definition) is 4. The van der Waals surface area contributed by atoms with Crippen LogP contribution in [0.4, 0.5) is 4.39 Å². The van der Waals surface area contributed by atoms with E-state index in [0.717, 1.165) is 29.6 Å². The van der Waals surface area contributed by atoms with Crippen molar-refractivity contribution in [2.75, 3.05) is 0 Å². The van der Waals surface area contributed by atoms with Crippen LogP contribution in [0.15, 0.2) is 53.5 Å². The number of aliphatic carboxylic acids is 1. The third-order valence-electron chi connectivity index (χ3n) is 4.35. The van der Waals surface area contributed by atoms with E-state index in [9.17, 15) is 9.50 Å². The standard InChI is InChI=1S/C19H16FN3O.C2H4O2/c1-11-12(2)23-16-9-8-14(20)10-15(16)17(13-6-4-3-5-7-13)22-19(24)18(23)21-11;1-2(3)4/h3-10,19,24H,1-2H3;1H3,(H,3,4). The van der Waals surface area contributed by atoms with Crippen molar-refractivity contribution in [3.8, 4) is 5.69 Å². The molecule has 0 saturated carbocycles. The van der Waals surface area contributed by atoms with Crippen molar-refractivity contribution in [3.05, 3.63) is 82.7 Å². The van der Waals surface area contributed by atoms with E-state index >= 15 is 0 Å². The minimum atomic E-state index is -1.11. The van der Waals surface area contributed by atoms with E-state index in [2.05, 4.69) is 9.98 Å². The zero-order chi connectivity index (χ0) is 20.4. The molecule has 1 unspecified atom stereocenters. The summed E-state index contributed by atoms with van der Waals surface area (Å²) in [5.74, 6) is -0.728. The molecule has 1 atom stereocenters. The average Bonchev–Trinajstić information content (AvgIpc) is 2.88. The molecule has 0 saturated heterocycles. The van der Waals surface area contributed by atoms with Gasteiger partial charge >= 0.3 is 0 Å². The number of aromatic nitrogens is 2. The molecule has 2 heterocycles. The van der Waals surface area contributed by atoms with Gasteiger partial charge in [-0.3, -0.25) is 9.36 Å². The van der Waals surface area contributed by atoms with Crippen molar-refractivity contribution in [2.45, 2.75) is 27.0 Å². The summed E-state index contributed by atoms with van der Waals surface area (Å²) in [5.41, 5.74) is 4.51. The Kier molecular flexibility index (Phi) is 5.37. The highest BCUT2D eigenvalue weighted by atomic mass is 19.1. The highest BCUT2D eigenvalue weighted by Crippen LogP contribution is 2.31. The summed E-state index contributed by atoms with van der Waals surface area (Å²) in [5, 5.41) is 18.0. The number of aliphatic hydroxyl groups is 1. The second kappa shape index (κ2) is 7.74. The first kappa shape index (κ1) is 19.4. The summed E-state index contributed by atoms with van der Waals surface area (Å²) in [7, 11) is 0. The van der Waals surface area contributed by atoms with Crippen molar-refractivity contribution < 1.29 is 19.4 Å². The van der Waals surface area contributed by atoms with E-state index in [-0.39, 0.29) is 5.82 Å². The van der Waals surface area contributed by atoms with Crippen molar-refractivity contribution in [1.29, 1.82) is 0 Å². The Hall–Kier alpha value is -3.32. The summed E-state index contributed by atoms with van der Waals surface area (Å²) in [6.45, 7) is 4.90. The molecule has 0 amide bonds. The molecule has 6 nitrogen and oxygen atoms in total. The number of carbonyl (C=O) groups is 1. The molecule has 0 bridgehead atoms. The zero-order valence-electron chi connectivity index (χ0n) is 15.7. The van der Waals surface area contributed by atoms with Crippen molar-refractivity contribution >= 4 is 11.7 Å². The highest BCUT2D eigenvalue weighted by Gasteiger charge is 2.27. The molecular weight excluding hydrogens is 361 g/mol. The largest absolute Gasteiger partial charge is 0.481 e. The number of carboxylic acids is 1. The smallest absolute Gasteiger partial charge is 0.300 e. The first-order valence-electron chi connectivity index (χ1n) is 8.66. The predicted molar refractivity (Wildman–Crippen MR) is 103 cm³/mol. The van der Waals surface area contributed by atoms with Gasteiger partial charge in [-0.15, -0.1) is 0 Å². The van der Waals surface area contributed by atoms with Crippen LogP contribution in [-0.2, 0) is 4.79 Å². The van der Waals surface area contributed by atoms with Gasteiger partial charge < -0.3 is 10.2 Å². The van der Waals surface area contributed by atoms with E-state index in [4.69, 9.17) is 9.90 Å². The lowest BCUT2D eigenvalue weighted by atomic mass is 10.00. The van der Waals surface area contributed by atoms with Gasteiger partial charge in [0.2, 0.25) is 6.23 Å². The minimum Gasteiger partial charge on any atom is -0.481 e. The number of aliphatic imine (C=N–C) groups is 1. The molecular formula is C21H20FN3O3. The van der Waals surface area contributed by atoms with Crippen molar-refractivity contribution in [2.24, 2.45) is 4.99 Å². The van der Waals surface area contributed by atoms with Gasteiger partial charge in [-0.2, -0.15) is 0 Å². The summed E-state index contributed by atoms with van der Waals surface area (Å²) >= 11 is 0. The summed E-state index contributed by atoms with van der Waals surface area (Å²) < 4.78 is 15.8. The second-order valence-corrected chi connectivity index (χ2v) is 6.37. The molecule has 28 heavy (non-hydrogen) atoms. The number of benzene rings is 2. The zero-order valence-corrected chi connectivity index (χ0v) is 15.7. The van der Waals surface area contributed by atoms with Crippen LogP contribution in [0.1, 0.15) is 41.5 Å². The minimum absolute atomic E-state index is 0.343. The Labute approximate surface area is 161 Å². The first-order chi connectivity index (χ1) is 13.3. The first-order valence-corrected chi connectivity index (χ1v) is 8.66. The van der Waals surface area contributed by atoms with Crippen LogP contribution in [0, 0.1) is 19.7 Å². The van der Waals surface area contributed by atoms with E-state index < -0.39 is 12.2 Å². The monoisotopic (exact) mass is 381 g/mol. The predicted octanol–water partition coefficient (Wildman–Crippen LogP) is 3.56. The molecule has 7 heteroatoms. The number of fused-ring (bicyclic) bond motifs is 3. The summed E-state index contributed by atoms with van der Waals surface area (Å²) in [6, 6.07) is 14.1. The number of halogens is 1. The van der Waals surface area contributed by atoms with E-state index in [1.165, 1.54) is 12.1 Å². The molecule has 0 aliphatic carbocycles. The van der Waals surface area contributed by atoms with E-state index in [1.807, 2.05) is 48.7 Å². The van der Waals surface area contributed by atoms with Crippen molar-refractivity contribution in [3.63, 3.8) is 0 Å². The van der Waals surface area contributed by atoms with E-state index in [1.54, 1.807) is 6.07 Å². The molecule has 1 aliphatic rings. The fourth-order valence-electron chi connectivity index (χ4n) is 3.08. The molecule has 1 aromatic heterocycles. The lowest BCUT2D eigenvalue weighted by molar-refractivity contribution is -0.134. The molecule has 144 valence electrons. The maximum absolute atomic E-state index is 14.0. The number of aliphatic hydroxyl groups excluding tert-OH is 1. The molecule has 2 N–H and O–H groups in total. The molecule has 3 aromatic rings. The summed E-state index contributed by atoms with van der Waals surface area (Å²) in [4.78, 5) is 17.9. The number of nitrogens with zero attached hydrogens (tertiary/aromatic N) is 3. The van der Waals surface area contributed by atoms with Gasteiger partial charge in [-0.05, 0) is 32.0 Å². The third-order valence-corrected chi connectivity index (χ3v) is 4.35. The second-order valence-electron chi connectivity index (χ2n) is 6.37. The maximum Gasteiger partial charge on any atom is 0.300 e. The van der Waals surface area contributed by atoms with Gasteiger partial charge in [0, 0.05) is 23.7 Å². The third kappa shape index (κ3) is 3.70. The Bertz CT molecular complexity index is 1050. The van der Waals surface area contributed by atoms with Crippen LogP contribution in [0.5, 0.6) is 0 Å². The molecule has 4 rings (SSSR count). The quantitative estimate of drug-likeness (QED) is 0.675. The van der Waals surface area contributed by atoms with Crippen LogP contribution in [0.25, 0.3) is 5.69 Å². The van der Waals surface area contributed by atoms with Gasteiger partial charge in [-0.1, -0.05) is 30.3 Å². The Morgan fingerprint density at radius 1 is 1.14 bits per heavy atom. The highest BCUT2D eigenvalue weighted by molar-refractivity contribution is 6.15. The lowest BCUT2D eigenvalue weighted by Gasteiger charge is -2.13. The van der Waals surface area contributed by atoms with E-state index in [0.29, 0.717) is 17.1 Å². The number of carboxylic acid groups (broad SMARTS) is 1. The van der Waals surface area contributed by atoms with Crippen LogP contribution in [0.3, 0.4) is 0 Å². The molecule has 2 aromatic carbocycles. The summed E-state index contributed by atoms with van der Waals surface area (Å²) in [6.07, 6.45) is -1.11. The number of rotatable bonds is 1. The van der Waals surface area contributed by atoms with Gasteiger partial charge in [-0.25, -0.2) is 14.4 Å². The van der Waals surface area contributed by atoms with Gasteiger partial charge in [0.1, 0.15) is 5.82 Å². The molecule has 1 aliphatic heterocycles. The average molecular weight is 381 g/mol. The van der Waals surface area contributed by atoms with Crippen LogP contribution < -0.4 is 0 Å². The van der Waals surface area contributed by atoms with Crippen molar-refractivity contribution in [1.82, 2.24) is 9.55 Å². The Balaban J connectivity index is 0.000000516. The Morgan fingerprint density at radius 3 is 2.43 bits per heavy atom. The maximum atomic E-state index is 14.0. The number of imidazole rings is 1. The molecule has 0 radical (unpaired) electrons. The van der Waals surface area contributed by atoms with Crippen LogP contribution >= 0.6 is 0 Å². The topological polar surface area (TPSA) is 87.7 Å². The molecule has 0 fully saturated rings. The fourth-order valence-corrected chi connectivity index (χ4v) is 3.08. The van der Waals surface area contributed by atoms with Crippen LogP contribution in [-0.4, -0.2) is 31.4 Å². The van der Waals surface area contributed by atoms with Crippen LogP contribution in [0.2, 0.25) is 0 Å². The Morgan fingerprint density at radius 2 is 1.79 bits per heavy atom. The van der Waals surface area contributed by atoms with Gasteiger partial charge in [0.15, 0.2) is 5.82 Å². The number of aryl methyl sites for hydroxylation is 1. The van der Waals surface area contributed by atoms with Gasteiger partial charge in [0.25, 0.3) is 5.97 Å². The normalized spacial score (nSPS) is 14.8. The SMILES string of the molecule is CC(=O)O.Cc1nc2n(c1C)-c1ccc(F)cc1C(c1ccccc1)=NC2O. The number of hydrogen-bond donors (Lipinski definition) is 2. The lowest BCUT2D eigenvalue weighted by Crippen LogP contribution is -2.08.